The Morgan fingerprint density at radius 3 is 2.65 bits per heavy atom. The molecule has 2 aromatic heterocycles. The van der Waals surface area contributed by atoms with E-state index in [4.69, 9.17) is 9.47 Å². The zero-order valence-corrected chi connectivity index (χ0v) is 15.8. The van der Waals surface area contributed by atoms with Gasteiger partial charge in [-0.25, -0.2) is 9.97 Å². The smallest absolute Gasteiger partial charge is 0.189 e. The van der Waals surface area contributed by atoms with Gasteiger partial charge in [-0.15, -0.1) is 5.10 Å². The molecule has 3 rings (SSSR count). The number of anilines is 1. The molecule has 0 spiro atoms. The number of hydrogen-bond donors (Lipinski definition) is 1. The number of aromatic nitrogens is 5. The van der Waals surface area contributed by atoms with Gasteiger partial charge in [-0.1, -0.05) is 12.1 Å². The maximum atomic E-state index is 5.28. The van der Waals surface area contributed by atoms with E-state index in [1.54, 1.807) is 18.9 Å². The van der Waals surface area contributed by atoms with Crippen LogP contribution in [-0.2, 0) is 4.74 Å². The fourth-order valence-corrected chi connectivity index (χ4v) is 2.84. The third-order valence-electron chi connectivity index (χ3n) is 4.25. The second-order valence-electron chi connectivity index (χ2n) is 6.15. The van der Waals surface area contributed by atoms with Gasteiger partial charge in [0.25, 0.3) is 0 Å². The molecule has 0 fully saturated rings. The molecule has 0 amide bonds. The molecule has 1 atom stereocenters. The Kier molecular flexibility index (Phi) is 5.32. The Balaban J connectivity index is 2.07. The van der Waals surface area contributed by atoms with E-state index in [0.29, 0.717) is 29.4 Å². The number of rotatable bonds is 7. The van der Waals surface area contributed by atoms with Crippen LogP contribution in [0.3, 0.4) is 0 Å². The average molecular weight is 356 g/mol. The molecule has 0 saturated heterocycles. The first kappa shape index (κ1) is 18.1. The zero-order valence-electron chi connectivity index (χ0n) is 15.8. The summed E-state index contributed by atoms with van der Waals surface area (Å²) in [5.74, 6) is 2.13. The molecule has 0 saturated carbocycles. The molecule has 26 heavy (non-hydrogen) atoms. The van der Waals surface area contributed by atoms with E-state index in [2.05, 4.69) is 32.5 Å². The number of methoxy groups -OCH3 is 2. The van der Waals surface area contributed by atoms with Gasteiger partial charge in [-0.2, -0.15) is 4.68 Å². The summed E-state index contributed by atoms with van der Waals surface area (Å²) in [6, 6.07) is 5.95. The zero-order chi connectivity index (χ0) is 18.7. The highest BCUT2D eigenvalue weighted by molar-refractivity contribution is 5.83. The fraction of sp³-hybridized carbons (Fsp3) is 0.444. The Labute approximate surface area is 152 Å². The van der Waals surface area contributed by atoms with Crippen molar-refractivity contribution in [3.05, 3.63) is 29.6 Å². The Morgan fingerprint density at radius 1 is 1.19 bits per heavy atom. The summed E-state index contributed by atoms with van der Waals surface area (Å²) in [6.45, 7) is 6.55. The topological polar surface area (TPSA) is 87.0 Å². The molecule has 2 heterocycles. The molecule has 0 aliphatic rings. The molecular formula is C18H24N6O2. The van der Waals surface area contributed by atoms with Gasteiger partial charge in [0.05, 0.1) is 25.4 Å². The van der Waals surface area contributed by atoms with E-state index in [0.717, 1.165) is 23.4 Å². The third-order valence-corrected chi connectivity index (χ3v) is 4.25. The molecule has 1 N–H and O–H groups in total. The number of fused-ring (bicyclic) bond motifs is 1. The lowest BCUT2D eigenvalue weighted by Crippen LogP contribution is -2.25. The summed E-state index contributed by atoms with van der Waals surface area (Å²) in [4.78, 5) is 9.07. The molecule has 8 heteroatoms. The van der Waals surface area contributed by atoms with Crippen LogP contribution in [-0.4, -0.2) is 51.8 Å². The highest BCUT2D eigenvalue weighted by atomic mass is 16.5. The van der Waals surface area contributed by atoms with Crippen molar-refractivity contribution in [2.45, 2.75) is 33.2 Å². The van der Waals surface area contributed by atoms with Crippen molar-refractivity contribution >= 4 is 17.0 Å². The lowest BCUT2D eigenvalue weighted by molar-refractivity contribution is 0.184. The van der Waals surface area contributed by atoms with Crippen molar-refractivity contribution < 1.29 is 9.47 Å². The van der Waals surface area contributed by atoms with E-state index in [1.165, 1.54) is 0 Å². The van der Waals surface area contributed by atoms with Crippen LogP contribution in [0.15, 0.2) is 18.2 Å². The minimum Gasteiger partial charge on any atom is -0.497 e. The number of ether oxygens (including phenoxy) is 2. The van der Waals surface area contributed by atoms with Crippen LogP contribution in [0.25, 0.3) is 16.9 Å². The quantitative estimate of drug-likeness (QED) is 0.696. The molecule has 0 bridgehead atoms. The molecular weight excluding hydrogens is 332 g/mol. The van der Waals surface area contributed by atoms with Gasteiger partial charge in [0.15, 0.2) is 17.0 Å². The summed E-state index contributed by atoms with van der Waals surface area (Å²) in [5, 5.41) is 12.0. The normalized spacial score (nSPS) is 12.3. The summed E-state index contributed by atoms with van der Waals surface area (Å²) in [7, 11) is 3.34. The van der Waals surface area contributed by atoms with Crippen LogP contribution in [0.4, 0.5) is 5.82 Å². The van der Waals surface area contributed by atoms with E-state index < -0.39 is 0 Å². The summed E-state index contributed by atoms with van der Waals surface area (Å²) >= 11 is 0. The average Bonchev–Trinajstić information content (AvgIpc) is 3.04. The highest BCUT2D eigenvalue weighted by Crippen LogP contribution is 2.25. The molecule has 1 unspecified atom stereocenters. The van der Waals surface area contributed by atoms with Crippen LogP contribution in [0, 0.1) is 13.8 Å². The lowest BCUT2D eigenvalue weighted by Gasteiger charge is -2.16. The number of nitrogens with zero attached hydrogens (tertiary/aromatic N) is 5. The first-order valence-electron chi connectivity index (χ1n) is 8.57. The minimum atomic E-state index is 0.144. The van der Waals surface area contributed by atoms with Crippen molar-refractivity contribution in [1.29, 1.82) is 0 Å². The minimum absolute atomic E-state index is 0.144. The molecule has 8 nitrogen and oxygen atoms in total. The van der Waals surface area contributed by atoms with E-state index in [-0.39, 0.29) is 6.04 Å². The predicted molar refractivity (Wildman–Crippen MR) is 100 cm³/mol. The van der Waals surface area contributed by atoms with Crippen LogP contribution in [0.1, 0.15) is 24.7 Å². The van der Waals surface area contributed by atoms with Crippen LogP contribution < -0.4 is 10.1 Å². The molecule has 3 aromatic rings. The van der Waals surface area contributed by atoms with Gasteiger partial charge < -0.3 is 14.8 Å². The van der Waals surface area contributed by atoms with Crippen molar-refractivity contribution in [2.24, 2.45) is 0 Å². The molecule has 0 aliphatic carbocycles. The lowest BCUT2D eigenvalue weighted by atomic mass is 10.2. The van der Waals surface area contributed by atoms with E-state index in [1.807, 2.05) is 32.0 Å². The number of aryl methyl sites for hydroxylation is 2. The fourth-order valence-electron chi connectivity index (χ4n) is 2.84. The van der Waals surface area contributed by atoms with Crippen LogP contribution in [0.5, 0.6) is 5.75 Å². The molecule has 0 aliphatic heterocycles. The molecule has 1 aromatic carbocycles. The highest BCUT2D eigenvalue weighted by Gasteiger charge is 2.18. The number of benzene rings is 1. The third kappa shape index (κ3) is 3.45. The van der Waals surface area contributed by atoms with Crippen molar-refractivity contribution in [3.63, 3.8) is 0 Å². The predicted octanol–water partition coefficient (Wildman–Crippen LogP) is 2.67. The van der Waals surface area contributed by atoms with E-state index >= 15 is 0 Å². The summed E-state index contributed by atoms with van der Waals surface area (Å²) in [5.41, 5.74) is 3.23. The summed E-state index contributed by atoms with van der Waals surface area (Å²) in [6.07, 6.45) is 0.907. The SMILES string of the molecule is CCC(COC)Nc1nc(C)nc2c1nnn2-c1ccc(OC)cc1C. The second kappa shape index (κ2) is 7.65. The van der Waals surface area contributed by atoms with Gasteiger partial charge in [0.1, 0.15) is 11.6 Å². The Morgan fingerprint density at radius 2 is 2.00 bits per heavy atom. The standard InChI is InChI=1S/C18H24N6O2/c1-6-13(10-25-4)21-17-16-18(20-12(3)19-17)24(23-22-16)15-8-7-14(26-5)9-11(15)2/h7-9,13H,6,10H2,1-5H3,(H,19,20,21). The Bertz CT molecular complexity index is 908. The van der Waals surface area contributed by atoms with Crippen LogP contribution in [0.2, 0.25) is 0 Å². The maximum absolute atomic E-state index is 5.28. The second-order valence-corrected chi connectivity index (χ2v) is 6.15. The number of hydrogen-bond acceptors (Lipinski definition) is 7. The van der Waals surface area contributed by atoms with Gasteiger partial charge in [0.2, 0.25) is 0 Å². The molecule has 138 valence electrons. The van der Waals surface area contributed by atoms with E-state index in [9.17, 15) is 0 Å². The first-order chi connectivity index (χ1) is 12.6. The Hall–Kier alpha value is -2.74. The largest absolute Gasteiger partial charge is 0.497 e. The molecule has 0 radical (unpaired) electrons. The van der Waals surface area contributed by atoms with Crippen molar-refractivity contribution in [3.8, 4) is 11.4 Å². The number of nitrogens with one attached hydrogen (secondary N) is 1. The van der Waals surface area contributed by atoms with Crippen LogP contribution >= 0.6 is 0 Å². The van der Waals surface area contributed by atoms with Crippen molar-refractivity contribution in [2.75, 3.05) is 26.1 Å². The first-order valence-corrected chi connectivity index (χ1v) is 8.57. The van der Waals surface area contributed by atoms with Gasteiger partial charge >= 0.3 is 0 Å². The van der Waals surface area contributed by atoms with Gasteiger partial charge in [-0.3, -0.25) is 0 Å². The van der Waals surface area contributed by atoms with Gasteiger partial charge in [-0.05, 0) is 44.0 Å². The van der Waals surface area contributed by atoms with Gasteiger partial charge in [0, 0.05) is 7.11 Å². The monoisotopic (exact) mass is 356 g/mol. The maximum Gasteiger partial charge on any atom is 0.189 e. The van der Waals surface area contributed by atoms with Crippen molar-refractivity contribution in [1.82, 2.24) is 25.0 Å². The summed E-state index contributed by atoms with van der Waals surface area (Å²) < 4.78 is 12.3.